The fourth-order valence-electron chi connectivity index (χ4n) is 1.48. The quantitative estimate of drug-likeness (QED) is 0.868. The summed E-state index contributed by atoms with van der Waals surface area (Å²) in [5, 5.41) is 3.30. The van der Waals surface area contributed by atoms with E-state index < -0.39 is 0 Å². The van der Waals surface area contributed by atoms with Crippen LogP contribution < -0.4 is 5.32 Å². The van der Waals surface area contributed by atoms with Gasteiger partial charge in [-0.2, -0.15) is 0 Å². The molecule has 0 aliphatic carbocycles. The highest BCUT2D eigenvalue weighted by Gasteiger charge is 2.13. The average Bonchev–Trinajstić information content (AvgIpc) is 2.27. The van der Waals surface area contributed by atoms with Crippen LogP contribution in [0, 0.1) is 0 Å². The number of hydrogen-bond donors (Lipinski definition) is 1. The number of amides is 1. The van der Waals surface area contributed by atoms with Crippen LogP contribution in [0.1, 0.15) is 38.1 Å². The number of nitrogens with zero attached hydrogens (tertiary/aromatic N) is 1. The Morgan fingerprint density at radius 2 is 1.65 bits per heavy atom. The number of carbonyl (C=O) groups is 1. The first-order valence-corrected chi connectivity index (χ1v) is 6.05. The van der Waals surface area contributed by atoms with E-state index in [2.05, 4.69) is 19.2 Å². The summed E-state index contributed by atoms with van der Waals surface area (Å²) in [6.07, 6.45) is 0. The maximum Gasteiger partial charge on any atom is 0.253 e. The van der Waals surface area contributed by atoms with Crippen molar-refractivity contribution >= 4 is 11.6 Å². The van der Waals surface area contributed by atoms with Crippen LogP contribution in [0.4, 0.5) is 5.69 Å². The molecule has 0 atom stereocenters. The smallest absolute Gasteiger partial charge is 0.253 e. The molecule has 0 bridgehead atoms. The predicted octanol–water partition coefficient (Wildman–Crippen LogP) is 2.99. The Bertz CT molecular complexity index is 368. The lowest BCUT2D eigenvalue weighted by atomic mass is 10.1. The van der Waals surface area contributed by atoms with Gasteiger partial charge in [0.1, 0.15) is 0 Å². The van der Waals surface area contributed by atoms with Crippen LogP contribution in [0.3, 0.4) is 0 Å². The van der Waals surface area contributed by atoms with Crippen molar-refractivity contribution in [3.8, 4) is 0 Å². The summed E-state index contributed by atoms with van der Waals surface area (Å²) >= 11 is 0. The monoisotopic (exact) mass is 234 g/mol. The number of hydrogen-bond acceptors (Lipinski definition) is 2. The minimum Gasteiger partial charge on any atom is -0.383 e. The summed E-state index contributed by atoms with van der Waals surface area (Å²) in [4.78, 5) is 13.8. The summed E-state index contributed by atoms with van der Waals surface area (Å²) in [6, 6.07) is 8.24. The summed E-state index contributed by atoms with van der Waals surface area (Å²) in [6.45, 7) is 8.19. The Hall–Kier alpha value is -1.51. The first-order chi connectivity index (χ1) is 7.91. The van der Waals surface area contributed by atoms with Gasteiger partial charge in [0, 0.05) is 30.4 Å². The zero-order chi connectivity index (χ0) is 13.0. The lowest BCUT2D eigenvalue weighted by molar-refractivity contribution is 0.0755. The van der Waals surface area contributed by atoms with Crippen molar-refractivity contribution in [1.29, 1.82) is 0 Å². The van der Waals surface area contributed by atoms with E-state index >= 15 is 0 Å². The SMILES string of the molecule is CC(C)Nc1ccc(C(=O)N(C)C(C)C)cc1. The van der Waals surface area contributed by atoms with Crippen molar-refractivity contribution in [2.75, 3.05) is 12.4 Å². The van der Waals surface area contributed by atoms with Crippen LogP contribution in [0.15, 0.2) is 24.3 Å². The highest BCUT2D eigenvalue weighted by atomic mass is 16.2. The van der Waals surface area contributed by atoms with Crippen LogP contribution in [0.5, 0.6) is 0 Å². The number of anilines is 1. The maximum atomic E-state index is 12.0. The minimum atomic E-state index is 0.0658. The summed E-state index contributed by atoms with van der Waals surface area (Å²) in [7, 11) is 1.83. The molecule has 1 N–H and O–H groups in total. The molecule has 1 aromatic rings. The molecule has 1 aromatic carbocycles. The lowest BCUT2D eigenvalue weighted by Gasteiger charge is -2.21. The van der Waals surface area contributed by atoms with E-state index in [0.717, 1.165) is 11.3 Å². The Morgan fingerprint density at radius 3 is 2.06 bits per heavy atom. The molecule has 0 fully saturated rings. The Labute approximate surface area is 104 Å². The molecule has 0 aromatic heterocycles. The second-order valence-corrected chi connectivity index (χ2v) is 4.89. The van der Waals surface area contributed by atoms with Gasteiger partial charge in [-0.15, -0.1) is 0 Å². The zero-order valence-electron chi connectivity index (χ0n) is 11.3. The fourth-order valence-corrected chi connectivity index (χ4v) is 1.48. The van der Waals surface area contributed by atoms with Gasteiger partial charge < -0.3 is 10.2 Å². The van der Waals surface area contributed by atoms with E-state index in [-0.39, 0.29) is 11.9 Å². The topological polar surface area (TPSA) is 32.3 Å². The van der Waals surface area contributed by atoms with Crippen molar-refractivity contribution < 1.29 is 4.79 Å². The van der Waals surface area contributed by atoms with Crippen LogP contribution in [-0.2, 0) is 0 Å². The van der Waals surface area contributed by atoms with Crippen molar-refractivity contribution in [1.82, 2.24) is 4.90 Å². The molecule has 1 amide bonds. The second-order valence-electron chi connectivity index (χ2n) is 4.89. The standard InChI is InChI=1S/C14H22N2O/c1-10(2)15-13-8-6-12(7-9-13)14(17)16(5)11(3)4/h6-11,15H,1-5H3. The molecular formula is C14H22N2O. The average molecular weight is 234 g/mol. The van der Waals surface area contributed by atoms with Gasteiger partial charge >= 0.3 is 0 Å². The third-order valence-corrected chi connectivity index (χ3v) is 2.68. The van der Waals surface area contributed by atoms with Crippen LogP contribution >= 0.6 is 0 Å². The maximum absolute atomic E-state index is 12.0. The third kappa shape index (κ3) is 3.77. The van der Waals surface area contributed by atoms with E-state index in [9.17, 15) is 4.79 Å². The molecule has 0 spiro atoms. The highest BCUT2D eigenvalue weighted by Crippen LogP contribution is 2.13. The molecule has 0 unspecified atom stereocenters. The molecule has 3 heteroatoms. The molecule has 0 saturated heterocycles. The highest BCUT2D eigenvalue weighted by molar-refractivity contribution is 5.94. The largest absolute Gasteiger partial charge is 0.383 e. The van der Waals surface area contributed by atoms with Gasteiger partial charge in [0.15, 0.2) is 0 Å². The van der Waals surface area contributed by atoms with Crippen molar-refractivity contribution in [2.45, 2.75) is 39.8 Å². The first kappa shape index (κ1) is 13.6. The Kier molecular flexibility index (Phi) is 4.55. The van der Waals surface area contributed by atoms with Crippen LogP contribution in [0.25, 0.3) is 0 Å². The van der Waals surface area contributed by atoms with Gasteiger partial charge in [0.25, 0.3) is 5.91 Å². The van der Waals surface area contributed by atoms with Gasteiger partial charge in [0.05, 0.1) is 0 Å². The predicted molar refractivity (Wildman–Crippen MR) is 72.4 cm³/mol. The number of carbonyl (C=O) groups excluding carboxylic acids is 1. The Balaban J connectivity index is 2.77. The molecule has 0 radical (unpaired) electrons. The van der Waals surface area contributed by atoms with E-state index in [1.807, 2.05) is 45.2 Å². The number of benzene rings is 1. The number of nitrogens with one attached hydrogen (secondary N) is 1. The summed E-state index contributed by atoms with van der Waals surface area (Å²) < 4.78 is 0. The van der Waals surface area contributed by atoms with Crippen molar-refractivity contribution in [3.63, 3.8) is 0 Å². The fraction of sp³-hybridized carbons (Fsp3) is 0.500. The van der Waals surface area contributed by atoms with Crippen molar-refractivity contribution in [3.05, 3.63) is 29.8 Å². The van der Waals surface area contributed by atoms with E-state index in [0.29, 0.717) is 6.04 Å². The summed E-state index contributed by atoms with van der Waals surface area (Å²) in [5.41, 5.74) is 1.78. The molecule has 1 rings (SSSR count). The van der Waals surface area contributed by atoms with E-state index in [4.69, 9.17) is 0 Å². The van der Waals surface area contributed by atoms with Crippen LogP contribution in [0.2, 0.25) is 0 Å². The molecule has 0 heterocycles. The lowest BCUT2D eigenvalue weighted by Crippen LogP contribution is -2.32. The van der Waals surface area contributed by atoms with E-state index in [1.165, 1.54) is 0 Å². The van der Waals surface area contributed by atoms with Gasteiger partial charge in [-0.1, -0.05) is 0 Å². The molecule has 3 nitrogen and oxygen atoms in total. The third-order valence-electron chi connectivity index (χ3n) is 2.68. The molecule has 94 valence electrons. The normalized spacial score (nSPS) is 10.8. The molecule has 0 saturated carbocycles. The molecule has 0 aliphatic rings. The zero-order valence-corrected chi connectivity index (χ0v) is 11.3. The van der Waals surface area contributed by atoms with Gasteiger partial charge in [-0.3, -0.25) is 4.79 Å². The van der Waals surface area contributed by atoms with E-state index in [1.54, 1.807) is 4.90 Å². The van der Waals surface area contributed by atoms with Crippen LogP contribution in [-0.4, -0.2) is 29.9 Å². The van der Waals surface area contributed by atoms with Gasteiger partial charge in [-0.05, 0) is 52.0 Å². The first-order valence-electron chi connectivity index (χ1n) is 6.05. The molecule has 17 heavy (non-hydrogen) atoms. The summed E-state index contributed by atoms with van der Waals surface area (Å²) in [5.74, 6) is 0.0658. The van der Waals surface area contributed by atoms with Gasteiger partial charge in [0.2, 0.25) is 0 Å². The van der Waals surface area contributed by atoms with Crippen molar-refractivity contribution in [2.24, 2.45) is 0 Å². The Morgan fingerprint density at radius 1 is 1.12 bits per heavy atom. The number of rotatable bonds is 4. The molecular weight excluding hydrogens is 212 g/mol. The second kappa shape index (κ2) is 5.71. The molecule has 0 aliphatic heterocycles. The minimum absolute atomic E-state index is 0.0658. The van der Waals surface area contributed by atoms with Gasteiger partial charge in [-0.25, -0.2) is 0 Å².